The van der Waals surface area contributed by atoms with Crippen LogP contribution in [0.25, 0.3) is 11.1 Å². The summed E-state index contributed by atoms with van der Waals surface area (Å²) in [6.07, 6.45) is -3.62. The number of hydrogen-bond acceptors (Lipinski definition) is 5. The highest BCUT2D eigenvalue weighted by Gasteiger charge is 2.30. The lowest BCUT2D eigenvalue weighted by Crippen LogP contribution is -2.40. The van der Waals surface area contributed by atoms with Gasteiger partial charge in [0.2, 0.25) is 5.91 Å². The standard InChI is InChI=1S/C37H40F4N4O2S/c1-4-43(5-2)19-20-44(22-27-11-18-31(25(3)21-27)28-12-14-29(15-13-28)37(39,40)41)34(46)23-45-33-8-6-7-32(33)35(47)42-36(45)48-24-26-9-16-30(38)17-10-26/h9-18,21H,4-8,19-20,22-24H2,1-3H3/i11D,18D,21D,22D2,23D2. The molecule has 0 spiro atoms. The van der Waals surface area contributed by atoms with E-state index in [4.69, 9.17) is 4.11 Å². The Kier molecular flexibility index (Phi) is 8.70. The molecule has 0 unspecified atom stereocenters. The number of carbonyl (C=O) groups is 1. The van der Waals surface area contributed by atoms with Crippen LogP contribution < -0.4 is 5.56 Å². The maximum Gasteiger partial charge on any atom is 0.416 e. The van der Waals surface area contributed by atoms with E-state index in [1.807, 2.05) is 18.7 Å². The maximum atomic E-state index is 14.8. The van der Waals surface area contributed by atoms with E-state index in [0.717, 1.165) is 40.6 Å². The molecule has 1 amide bonds. The van der Waals surface area contributed by atoms with Crippen molar-refractivity contribution in [2.24, 2.45) is 0 Å². The molecule has 0 aliphatic heterocycles. The molecule has 0 atom stereocenters. The predicted molar refractivity (Wildman–Crippen MR) is 181 cm³/mol. The van der Waals surface area contributed by atoms with Crippen molar-refractivity contribution in [3.05, 3.63) is 116 Å². The second-order valence-electron chi connectivity index (χ2n) is 11.3. The van der Waals surface area contributed by atoms with Crippen LogP contribution in [0.5, 0.6) is 0 Å². The second kappa shape index (κ2) is 15.5. The Morgan fingerprint density at radius 2 is 1.73 bits per heavy atom. The number of nitrogens with zero attached hydrogens (tertiary/aromatic N) is 4. The monoisotopic (exact) mass is 687 g/mol. The van der Waals surface area contributed by atoms with E-state index >= 15 is 0 Å². The van der Waals surface area contributed by atoms with Gasteiger partial charge < -0.3 is 14.4 Å². The molecule has 3 aromatic carbocycles. The molecule has 4 aromatic rings. The molecule has 0 radical (unpaired) electrons. The van der Waals surface area contributed by atoms with Crippen LogP contribution in [0.3, 0.4) is 0 Å². The van der Waals surface area contributed by atoms with Gasteiger partial charge in [0.25, 0.3) is 5.56 Å². The van der Waals surface area contributed by atoms with E-state index < -0.39 is 72.3 Å². The van der Waals surface area contributed by atoms with Crippen LogP contribution in [0.4, 0.5) is 17.6 Å². The van der Waals surface area contributed by atoms with Crippen molar-refractivity contribution in [3.63, 3.8) is 0 Å². The van der Waals surface area contributed by atoms with Crippen LogP contribution in [-0.4, -0.2) is 51.4 Å². The Morgan fingerprint density at radius 1 is 1.02 bits per heavy atom. The lowest BCUT2D eigenvalue weighted by molar-refractivity contribution is -0.137. The number of carbonyl (C=O) groups excluding carboxylic acids is 1. The van der Waals surface area contributed by atoms with Gasteiger partial charge in [-0.1, -0.05) is 68.0 Å². The average molecular weight is 688 g/mol. The number of likely N-dealkylation sites (N-methyl/N-ethyl adjacent to an activating group) is 1. The van der Waals surface area contributed by atoms with Gasteiger partial charge in [-0.2, -0.15) is 18.2 Å². The van der Waals surface area contributed by atoms with Crippen molar-refractivity contribution in [1.29, 1.82) is 0 Å². The van der Waals surface area contributed by atoms with E-state index in [1.54, 1.807) is 0 Å². The van der Waals surface area contributed by atoms with Crippen molar-refractivity contribution in [2.75, 3.05) is 26.2 Å². The third-order valence-corrected chi connectivity index (χ3v) is 9.13. The minimum atomic E-state index is -4.63. The molecule has 0 fully saturated rings. The SMILES string of the molecule is [2H]c1c([2H])c(C([2H])([2H])N(CCN(CC)CC)C(=O)C([2H])([2H])n2c(SCc3ccc(F)cc3)nc(=O)c3c2CCC3)c([2H])c(C)c1-c1ccc(C(F)(F)F)cc1. The molecular formula is C37H40F4N4O2S. The molecule has 0 saturated heterocycles. The number of hydrogen-bond donors (Lipinski definition) is 0. The number of fused-ring (bicyclic) bond motifs is 1. The molecule has 6 nitrogen and oxygen atoms in total. The topological polar surface area (TPSA) is 58.4 Å². The predicted octanol–water partition coefficient (Wildman–Crippen LogP) is 7.53. The van der Waals surface area contributed by atoms with Crippen molar-refractivity contribution in [1.82, 2.24) is 19.4 Å². The van der Waals surface area contributed by atoms with E-state index in [9.17, 15) is 32.6 Å². The lowest BCUT2D eigenvalue weighted by Gasteiger charge is -2.28. The smallest absolute Gasteiger partial charge is 0.336 e. The normalized spacial score (nSPS) is 15.5. The number of alkyl halides is 3. The summed E-state index contributed by atoms with van der Waals surface area (Å²) in [4.78, 5) is 34.5. The quantitative estimate of drug-likeness (QED) is 0.0827. The number of amides is 1. The molecule has 11 heteroatoms. The first kappa shape index (κ1) is 26.9. The van der Waals surface area contributed by atoms with Crippen molar-refractivity contribution < 1.29 is 32.0 Å². The summed E-state index contributed by atoms with van der Waals surface area (Å²) >= 11 is 0.951. The number of halogens is 4. The Labute approximate surface area is 292 Å². The third kappa shape index (κ3) is 8.54. The summed E-state index contributed by atoms with van der Waals surface area (Å²) in [6.45, 7) is -0.408. The second-order valence-corrected chi connectivity index (χ2v) is 12.2. The molecule has 254 valence electrons. The minimum Gasteiger partial charge on any atom is -0.336 e. The first-order chi connectivity index (χ1) is 25.7. The van der Waals surface area contributed by atoms with Gasteiger partial charge in [0.05, 0.1) is 15.2 Å². The molecule has 5 rings (SSSR count). The number of thioether (sulfide) groups is 1. The molecule has 1 aliphatic rings. The molecule has 1 heterocycles. The highest BCUT2D eigenvalue weighted by Crippen LogP contribution is 2.32. The zero-order valence-electron chi connectivity index (χ0n) is 33.8. The fourth-order valence-corrected chi connectivity index (χ4v) is 6.34. The van der Waals surface area contributed by atoms with Gasteiger partial charge in [-0.3, -0.25) is 9.59 Å². The van der Waals surface area contributed by atoms with E-state index in [-0.39, 0.29) is 51.8 Å². The fourth-order valence-electron chi connectivity index (χ4n) is 5.42. The Hall–Kier alpha value is -3.96. The largest absolute Gasteiger partial charge is 0.416 e. The summed E-state index contributed by atoms with van der Waals surface area (Å²) in [5.74, 6) is -1.72. The zero-order chi connectivity index (χ0) is 40.6. The van der Waals surface area contributed by atoms with Crippen LogP contribution in [0, 0.1) is 12.7 Å². The Bertz CT molecular complexity index is 2100. The molecular weight excluding hydrogens is 640 g/mol. The molecule has 0 N–H and O–H groups in total. The van der Waals surface area contributed by atoms with E-state index in [0.29, 0.717) is 36.4 Å². The van der Waals surface area contributed by atoms with Gasteiger partial charge >= 0.3 is 6.18 Å². The number of aromatic nitrogens is 2. The lowest BCUT2D eigenvalue weighted by atomic mass is 9.97. The van der Waals surface area contributed by atoms with Crippen molar-refractivity contribution >= 4 is 17.7 Å². The maximum absolute atomic E-state index is 14.8. The first-order valence-electron chi connectivity index (χ1n) is 19.1. The average Bonchev–Trinajstić information content (AvgIpc) is 3.62. The van der Waals surface area contributed by atoms with Crippen molar-refractivity contribution in [3.8, 4) is 11.1 Å². The number of benzene rings is 3. The fraction of sp³-hybridized carbons (Fsp3) is 0.378. The molecule has 0 saturated carbocycles. The van der Waals surface area contributed by atoms with Gasteiger partial charge in [-0.25, -0.2) is 4.39 Å². The van der Waals surface area contributed by atoms with E-state index in [2.05, 4.69) is 4.98 Å². The van der Waals surface area contributed by atoms with Gasteiger partial charge in [0.15, 0.2) is 5.16 Å². The Balaban J connectivity index is 1.64. The first-order valence-corrected chi connectivity index (χ1v) is 16.6. The highest BCUT2D eigenvalue weighted by atomic mass is 32.2. The van der Waals surface area contributed by atoms with Crippen LogP contribution in [0.1, 0.15) is 63.4 Å². The Morgan fingerprint density at radius 3 is 2.40 bits per heavy atom. The van der Waals surface area contributed by atoms with Gasteiger partial charge in [-0.05, 0) is 91.4 Å². The van der Waals surface area contributed by atoms with Gasteiger partial charge in [0.1, 0.15) is 12.3 Å². The summed E-state index contributed by atoms with van der Waals surface area (Å²) in [7, 11) is 0. The third-order valence-electron chi connectivity index (χ3n) is 8.12. The summed E-state index contributed by atoms with van der Waals surface area (Å²) in [5, 5.41) is -0.148. The van der Waals surface area contributed by atoms with Gasteiger partial charge in [-0.15, -0.1) is 0 Å². The summed E-state index contributed by atoms with van der Waals surface area (Å²) < 4.78 is 119. The van der Waals surface area contributed by atoms with Crippen LogP contribution in [-0.2, 0) is 42.6 Å². The zero-order valence-corrected chi connectivity index (χ0v) is 27.6. The van der Waals surface area contributed by atoms with Gasteiger partial charge in [0, 0.05) is 36.6 Å². The highest BCUT2D eigenvalue weighted by molar-refractivity contribution is 7.98. The van der Waals surface area contributed by atoms with Crippen molar-refractivity contribution in [2.45, 2.75) is 70.1 Å². The summed E-state index contributed by atoms with van der Waals surface area (Å²) in [6, 6.07) is 7.39. The summed E-state index contributed by atoms with van der Waals surface area (Å²) in [5.41, 5.74) is -1.10. The molecule has 1 aliphatic carbocycles. The molecule has 0 bridgehead atoms. The van der Waals surface area contributed by atoms with Crippen LogP contribution >= 0.6 is 11.8 Å². The van der Waals surface area contributed by atoms with E-state index in [1.165, 1.54) is 31.2 Å². The van der Waals surface area contributed by atoms with Crippen LogP contribution in [0.2, 0.25) is 0 Å². The minimum absolute atomic E-state index is 0.0271. The molecule has 1 aromatic heterocycles. The molecule has 48 heavy (non-hydrogen) atoms. The number of rotatable bonds is 13. The van der Waals surface area contributed by atoms with Crippen LogP contribution in [0.15, 0.2) is 76.6 Å².